The molecule has 26 heavy (non-hydrogen) atoms. The minimum absolute atomic E-state index is 0.143. The Labute approximate surface area is 155 Å². The van der Waals surface area contributed by atoms with Gasteiger partial charge < -0.3 is 19.7 Å². The van der Waals surface area contributed by atoms with Crippen molar-refractivity contribution < 1.29 is 19.7 Å². The molecule has 1 aliphatic rings. The van der Waals surface area contributed by atoms with Gasteiger partial charge in [0.05, 0.1) is 14.2 Å². The molecule has 0 heterocycles. The predicted octanol–water partition coefficient (Wildman–Crippen LogP) is 4.86. The molecule has 0 saturated carbocycles. The maximum Gasteiger partial charge on any atom is 0.160 e. The topological polar surface area (TPSA) is 58.9 Å². The molecule has 0 aromatic heterocycles. The van der Waals surface area contributed by atoms with Gasteiger partial charge in [0.15, 0.2) is 23.0 Å². The lowest BCUT2D eigenvalue weighted by Crippen LogP contribution is -2.30. The number of fused-ring (bicyclic) bond motifs is 1. The first-order valence-corrected chi connectivity index (χ1v) is 9.30. The highest BCUT2D eigenvalue weighted by molar-refractivity contribution is 5.53. The maximum atomic E-state index is 10.4. The first-order chi connectivity index (χ1) is 12.5. The number of benzene rings is 2. The molecule has 0 saturated heterocycles. The molecule has 0 aliphatic heterocycles. The molecule has 0 radical (unpaired) electrons. The number of methoxy groups -OCH3 is 2. The summed E-state index contributed by atoms with van der Waals surface area (Å²) in [6.07, 6.45) is 3.15. The van der Waals surface area contributed by atoms with Crippen LogP contribution in [-0.2, 0) is 6.42 Å². The van der Waals surface area contributed by atoms with Crippen molar-refractivity contribution in [3.8, 4) is 23.0 Å². The predicted molar refractivity (Wildman–Crippen MR) is 102 cm³/mol. The zero-order valence-corrected chi connectivity index (χ0v) is 16.0. The van der Waals surface area contributed by atoms with Crippen molar-refractivity contribution in [3.63, 3.8) is 0 Å². The van der Waals surface area contributed by atoms with Crippen LogP contribution in [-0.4, -0.2) is 24.4 Å². The molecule has 2 N–H and O–H groups in total. The van der Waals surface area contributed by atoms with Crippen LogP contribution in [0.5, 0.6) is 23.0 Å². The molecule has 3 rings (SSSR count). The van der Waals surface area contributed by atoms with Crippen LogP contribution in [0.2, 0.25) is 0 Å². The van der Waals surface area contributed by atoms with Crippen molar-refractivity contribution in [2.24, 2.45) is 11.8 Å². The van der Waals surface area contributed by atoms with Gasteiger partial charge in [-0.05, 0) is 59.2 Å². The van der Waals surface area contributed by atoms with Crippen LogP contribution in [0.15, 0.2) is 30.3 Å². The lowest BCUT2D eigenvalue weighted by molar-refractivity contribution is 0.260. The van der Waals surface area contributed by atoms with Crippen molar-refractivity contribution in [2.75, 3.05) is 14.2 Å². The number of phenolic OH excluding ortho intramolecular Hbond substituents is 2. The molecular formula is C22H28O4. The minimum atomic E-state index is 0.143. The second kappa shape index (κ2) is 7.48. The average molecular weight is 356 g/mol. The minimum Gasteiger partial charge on any atom is -0.504 e. The number of hydrogen-bond donors (Lipinski definition) is 2. The lowest BCUT2D eigenvalue weighted by Gasteiger charge is -2.40. The van der Waals surface area contributed by atoms with E-state index in [0.29, 0.717) is 23.3 Å². The third-order valence-corrected chi connectivity index (χ3v) is 5.85. The van der Waals surface area contributed by atoms with Crippen LogP contribution in [0.1, 0.15) is 49.3 Å². The van der Waals surface area contributed by atoms with E-state index in [1.54, 1.807) is 20.3 Å². The summed E-state index contributed by atoms with van der Waals surface area (Å²) in [5.41, 5.74) is 3.48. The SMILES string of the molecule is CCC1Cc2cc(OC)c(O)cc2C(c2ccc(O)c(OC)c2)C1CC. The van der Waals surface area contributed by atoms with E-state index in [9.17, 15) is 10.2 Å². The molecule has 4 nitrogen and oxygen atoms in total. The Hall–Kier alpha value is -2.36. The molecule has 1 aliphatic carbocycles. The largest absolute Gasteiger partial charge is 0.504 e. The molecule has 3 unspecified atom stereocenters. The average Bonchev–Trinajstić information content (AvgIpc) is 2.66. The van der Waals surface area contributed by atoms with Crippen molar-refractivity contribution in [3.05, 3.63) is 47.0 Å². The third-order valence-electron chi connectivity index (χ3n) is 5.85. The van der Waals surface area contributed by atoms with Crippen LogP contribution < -0.4 is 9.47 Å². The smallest absolute Gasteiger partial charge is 0.160 e. The van der Waals surface area contributed by atoms with Gasteiger partial charge in [0.2, 0.25) is 0 Å². The first-order valence-electron chi connectivity index (χ1n) is 9.30. The van der Waals surface area contributed by atoms with Crippen molar-refractivity contribution in [1.29, 1.82) is 0 Å². The Kier molecular flexibility index (Phi) is 5.30. The molecule has 2 aromatic carbocycles. The van der Waals surface area contributed by atoms with Crippen LogP contribution in [0, 0.1) is 11.8 Å². The molecule has 2 aromatic rings. The van der Waals surface area contributed by atoms with E-state index in [-0.39, 0.29) is 17.4 Å². The molecule has 0 spiro atoms. The Balaban J connectivity index is 2.19. The molecular weight excluding hydrogens is 328 g/mol. The molecule has 0 amide bonds. The van der Waals surface area contributed by atoms with E-state index in [1.165, 1.54) is 5.56 Å². The van der Waals surface area contributed by atoms with Crippen molar-refractivity contribution in [2.45, 2.75) is 39.0 Å². The molecule has 140 valence electrons. The fourth-order valence-electron chi connectivity index (χ4n) is 4.52. The van der Waals surface area contributed by atoms with Gasteiger partial charge >= 0.3 is 0 Å². The highest BCUT2D eigenvalue weighted by Crippen LogP contribution is 2.49. The molecule has 4 heteroatoms. The third kappa shape index (κ3) is 3.09. The normalized spacial score (nSPS) is 21.9. The van der Waals surface area contributed by atoms with Crippen molar-refractivity contribution >= 4 is 0 Å². The Morgan fingerprint density at radius 2 is 1.62 bits per heavy atom. The zero-order valence-electron chi connectivity index (χ0n) is 16.0. The molecule has 0 bridgehead atoms. The van der Waals surface area contributed by atoms with E-state index in [1.807, 2.05) is 24.3 Å². The summed E-state index contributed by atoms with van der Waals surface area (Å²) in [6.45, 7) is 4.47. The van der Waals surface area contributed by atoms with Gasteiger partial charge in [-0.25, -0.2) is 0 Å². The summed E-state index contributed by atoms with van der Waals surface area (Å²) in [6, 6.07) is 9.41. The summed E-state index contributed by atoms with van der Waals surface area (Å²) in [7, 11) is 3.15. The van der Waals surface area contributed by atoms with Gasteiger partial charge in [0.1, 0.15) is 0 Å². The van der Waals surface area contributed by atoms with Crippen LogP contribution in [0.3, 0.4) is 0 Å². The Morgan fingerprint density at radius 3 is 2.23 bits per heavy atom. The van der Waals surface area contributed by atoms with Crippen LogP contribution in [0.25, 0.3) is 0 Å². The first kappa shape index (κ1) is 18.4. The van der Waals surface area contributed by atoms with Gasteiger partial charge in [0.25, 0.3) is 0 Å². The monoisotopic (exact) mass is 356 g/mol. The van der Waals surface area contributed by atoms with Crippen LogP contribution in [0.4, 0.5) is 0 Å². The number of ether oxygens (including phenoxy) is 2. The number of aromatic hydroxyl groups is 2. The summed E-state index contributed by atoms with van der Waals surface area (Å²) < 4.78 is 10.7. The van der Waals surface area contributed by atoms with E-state index >= 15 is 0 Å². The second-order valence-corrected chi connectivity index (χ2v) is 7.08. The number of rotatable bonds is 5. The van der Waals surface area contributed by atoms with Gasteiger partial charge in [-0.3, -0.25) is 0 Å². The van der Waals surface area contributed by atoms with E-state index in [0.717, 1.165) is 30.4 Å². The fourth-order valence-corrected chi connectivity index (χ4v) is 4.52. The summed E-state index contributed by atoms with van der Waals surface area (Å²) in [5, 5.41) is 20.3. The number of phenols is 2. The highest BCUT2D eigenvalue weighted by atomic mass is 16.5. The standard InChI is InChI=1S/C22H28O4/c1-5-13-9-15-11-21(26-4)19(24)12-17(15)22(16(13)6-2)14-7-8-18(23)20(10-14)25-3/h7-8,10-13,16,22-24H,5-6,9H2,1-4H3. The Morgan fingerprint density at radius 1 is 0.923 bits per heavy atom. The summed E-state index contributed by atoms with van der Waals surface area (Å²) in [5.74, 6) is 2.50. The number of hydrogen-bond acceptors (Lipinski definition) is 4. The van der Waals surface area contributed by atoms with Gasteiger partial charge in [-0.15, -0.1) is 0 Å². The van der Waals surface area contributed by atoms with Crippen LogP contribution >= 0.6 is 0 Å². The molecule has 0 fully saturated rings. The highest BCUT2D eigenvalue weighted by Gasteiger charge is 2.36. The summed E-state index contributed by atoms with van der Waals surface area (Å²) >= 11 is 0. The molecule has 3 atom stereocenters. The maximum absolute atomic E-state index is 10.4. The van der Waals surface area contributed by atoms with Gasteiger partial charge in [0, 0.05) is 5.92 Å². The zero-order chi connectivity index (χ0) is 18.8. The summed E-state index contributed by atoms with van der Waals surface area (Å²) in [4.78, 5) is 0. The quantitative estimate of drug-likeness (QED) is 0.803. The Bertz CT molecular complexity index is 784. The van der Waals surface area contributed by atoms with E-state index in [4.69, 9.17) is 9.47 Å². The van der Waals surface area contributed by atoms with E-state index in [2.05, 4.69) is 13.8 Å². The van der Waals surface area contributed by atoms with Crippen molar-refractivity contribution in [1.82, 2.24) is 0 Å². The van der Waals surface area contributed by atoms with E-state index < -0.39 is 0 Å². The lowest BCUT2D eigenvalue weighted by atomic mass is 9.65. The second-order valence-electron chi connectivity index (χ2n) is 7.08. The fraction of sp³-hybridized carbons (Fsp3) is 0.455. The van der Waals surface area contributed by atoms with Gasteiger partial charge in [-0.2, -0.15) is 0 Å². The van der Waals surface area contributed by atoms with Gasteiger partial charge in [-0.1, -0.05) is 32.8 Å².